The molecule has 0 aliphatic carbocycles. The minimum atomic E-state index is -0.181. The predicted octanol–water partition coefficient (Wildman–Crippen LogP) is 4.45. The number of para-hydroxylation sites is 1. The van der Waals surface area contributed by atoms with Crippen LogP contribution in [-0.4, -0.2) is 42.2 Å². The highest BCUT2D eigenvalue weighted by Gasteiger charge is 2.17. The highest BCUT2D eigenvalue weighted by Crippen LogP contribution is 2.30. The third-order valence-electron chi connectivity index (χ3n) is 5.07. The molecule has 0 radical (unpaired) electrons. The van der Waals surface area contributed by atoms with Gasteiger partial charge in [0.25, 0.3) is 5.91 Å². The topological polar surface area (TPSA) is 98.5 Å². The maximum atomic E-state index is 12.5. The summed E-state index contributed by atoms with van der Waals surface area (Å²) in [6, 6.07) is 19.6. The van der Waals surface area contributed by atoms with Gasteiger partial charge in [-0.25, -0.2) is 4.98 Å². The number of benzene rings is 1. The van der Waals surface area contributed by atoms with Crippen molar-refractivity contribution in [2.75, 3.05) is 6.54 Å². The third kappa shape index (κ3) is 5.61. The van der Waals surface area contributed by atoms with Crippen molar-refractivity contribution in [3.8, 4) is 17.1 Å². The van der Waals surface area contributed by atoms with Crippen LogP contribution in [0.1, 0.15) is 21.2 Å². The molecule has 0 fully saturated rings. The first kappa shape index (κ1) is 22.9. The van der Waals surface area contributed by atoms with Crippen molar-refractivity contribution >= 4 is 29.0 Å². The first-order valence-corrected chi connectivity index (χ1v) is 12.8. The van der Waals surface area contributed by atoms with E-state index >= 15 is 0 Å². The Hall–Kier alpha value is -3.89. The molecule has 5 rings (SSSR count). The first-order chi connectivity index (χ1) is 17.3. The highest BCUT2D eigenvalue weighted by atomic mass is 32.2. The van der Waals surface area contributed by atoms with Crippen LogP contribution in [0.15, 0.2) is 89.8 Å². The van der Waals surface area contributed by atoms with E-state index in [0.29, 0.717) is 24.4 Å². The Labute approximate surface area is 210 Å². The van der Waals surface area contributed by atoms with E-state index in [1.165, 1.54) is 23.1 Å². The van der Waals surface area contributed by atoms with E-state index in [-0.39, 0.29) is 5.91 Å². The number of rotatable bonds is 9. The summed E-state index contributed by atoms with van der Waals surface area (Å²) in [6.45, 7) is 0.509. The SMILES string of the molecule is O=C(NCCc1ccccn1)c1csc(CSc2nnc(-c3cccnc3)n2-c2ccccc2)n1. The minimum Gasteiger partial charge on any atom is -0.350 e. The lowest BCUT2D eigenvalue weighted by Gasteiger charge is -2.09. The standard InChI is InChI=1S/C25H21N7OS2/c33-24(28-14-11-19-8-4-5-13-27-19)21-16-34-22(29-21)17-35-25-31-30-23(18-7-6-12-26-15-18)32(25)20-9-2-1-3-10-20/h1-10,12-13,15-16H,11,14,17H2,(H,28,33). The number of pyridine rings is 2. The van der Waals surface area contributed by atoms with E-state index in [9.17, 15) is 4.79 Å². The second kappa shape index (κ2) is 11.0. The van der Waals surface area contributed by atoms with Crippen LogP contribution >= 0.6 is 23.1 Å². The van der Waals surface area contributed by atoms with Gasteiger partial charge in [-0.05, 0) is 36.4 Å². The molecule has 174 valence electrons. The highest BCUT2D eigenvalue weighted by molar-refractivity contribution is 7.98. The van der Waals surface area contributed by atoms with Crippen molar-refractivity contribution in [2.24, 2.45) is 0 Å². The number of hydrogen-bond acceptors (Lipinski definition) is 8. The molecule has 5 aromatic rings. The molecule has 0 unspecified atom stereocenters. The van der Waals surface area contributed by atoms with E-state index in [1.54, 1.807) is 24.0 Å². The predicted molar refractivity (Wildman–Crippen MR) is 137 cm³/mol. The number of nitrogens with one attached hydrogen (secondary N) is 1. The number of carbonyl (C=O) groups is 1. The molecule has 4 heterocycles. The number of aromatic nitrogens is 6. The van der Waals surface area contributed by atoms with Crippen LogP contribution in [0.4, 0.5) is 0 Å². The van der Waals surface area contributed by atoms with E-state index in [2.05, 4.69) is 30.5 Å². The second-order valence-electron chi connectivity index (χ2n) is 7.46. The van der Waals surface area contributed by atoms with Gasteiger partial charge < -0.3 is 5.32 Å². The van der Waals surface area contributed by atoms with Crippen LogP contribution in [0.3, 0.4) is 0 Å². The summed E-state index contributed by atoms with van der Waals surface area (Å²) in [5.41, 5.74) is 3.21. The van der Waals surface area contributed by atoms with Crippen molar-refractivity contribution < 1.29 is 4.79 Å². The zero-order valence-corrected chi connectivity index (χ0v) is 20.2. The molecule has 1 amide bonds. The van der Waals surface area contributed by atoms with Crippen molar-refractivity contribution in [1.29, 1.82) is 0 Å². The van der Waals surface area contributed by atoms with Crippen molar-refractivity contribution in [2.45, 2.75) is 17.3 Å². The summed E-state index contributed by atoms with van der Waals surface area (Å²) in [5.74, 6) is 1.11. The Morgan fingerprint density at radius 2 is 1.89 bits per heavy atom. The van der Waals surface area contributed by atoms with E-state index in [0.717, 1.165) is 32.9 Å². The number of amides is 1. The lowest BCUT2D eigenvalue weighted by Crippen LogP contribution is -2.26. The smallest absolute Gasteiger partial charge is 0.270 e. The normalized spacial score (nSPS) is 10.9. The zero-order chi connectivity index (χ0) is 23.9. The van der Waals surface area contributed by atoms with Gasteiger partial charge in [-0.2, -0.15) is 0 Å². The Morgan fingerprint density at radius 1 is 1.00 bits per heavy atom. The molecule has 0 atom stereocenters. The molecule has 10 heteroatoms. The summed E-state index contributed by atoms with van der Waals surface area (Å²) in [6.07, 6.45) is 5.93. The fourth-order valence-corrected chi connectivity index (χ4v) is 5.15. The van der Waals surface area contributed by atoms with Crippen LogP contribution in [0.25, 0.3) is 17.1 Å². The molecule has 1 N–H and O–H groups in total. The summed E-state index contributed by atoms with van der Waals surface area (Å²) < 4.78 is 2.01. The van der Waals surface area contributed by atoms with Gasteiger partial charge in [0.2, 0.25) is 0 Å². The monoisotopic (exact) mass is 499 g/mol. The van der Waals surface area contributed by atoms with Crippen LogP contribution in [0.5, 0.6) is 0 Å². The largest absolute Gasteiger partial charge is 0.350 e. The molecule has 0 bridgehead atoms. The second-order valence-corrected chi connectivity index (χ2v) is 9.35. The number of carbonyl (C=O) groups excluding carboxylic acids is 1. The zero-order valence-electron chi connectivity index (χ0n) is 18.6. The van der Waals surface area contributed by atoms with Crippen molar-refractivity contribution in [3.05, 3.63) is 101 Å². The van der Waals surface area contributed by atoms with Gasteiger partial charge in [0, 0.05) is 53.9 Å². The molecule has 0 aliphatic heterocycles. The minimum absolute atomic E-state index is 0.181. The lowest BCUT2D eigenvalue weighted by atomic mass is 10.2. The molecule has 4 aromatic heterocycles. The van der Waals surface area contributed by atoms with E-state index in [1.807, 2.05) is 65.2 Å². The molecular weight excluding hydrogens is 478 g/mol. The Balaban J connectivity index is 1.26. The molecular formula is C25H21N7OS2. The summed E-state index contributed by atoms with van der Waals surface area (Å²) in [4.78, 5) is 25.5. The van der Waals surface area contributed by atoms with E-state index < -0.39 is 0 Å². The maximum absolute atomic E-state index is 12.5. The first-order valence-electron chi connectivity index (χ1n) is 10.9. The number of thiazole rings is 1. The van der Waals surface area contributed by atoms with Crippen LogP contribution in [0.2, 0.25) is 0 Å². The maximum Gasteiger partial charge on any atom is 0.270 e. The van der Waals surface area contributed by atoms with Crippen molar-refractivity contribution in [3.63, 3.8) is 0 Å². The molecule has 1 aromatic carbocycles. The average Bonchev–Trinajstić information content (AvgIpc) is 3.56. The lowest BCUT2D eigenvalue weighted by molar-refractivity contribution is 0.0949. The Kier molecular flexibility index (Phi) is 7.21. The van der Waals surface area contributed by atoms with Gasteiger partial charge in [-0.15, -0.1) is 21.5 Å². The summed E-state index contributed by atoms with van der Waals surface area (Å²) in [7, 11) is 0. The van der Waals surface area contributed by atoms with Gasteiger partial charge in [0.05, 0.1) is 5.75 Å². The van der Waals surface area contributed by atoms with Gasteiger partial charge in [0.15, 0.2) is 11.0 Å². The Morgan fingerprint density at radius 3 is 2.69 bits per heavy atom. The summed E-state index contributed by atoms with van der Waals surface area (Å²) in [5, 5.41) is 15.2. The molecule has 0 saturated heterocycles. The van der Waals surface area contributed by atoms with Crippen LogP contribution in [-0.2, 0) is 12.2 Å². The van der Waals surface area contributed by atoms with Crippen molar-refractivity contribution in [1.82, 2.24) is 35.0 Å². The number of thioether (sulfide) groups is 1. The molecule has 0 spiro atoms. The van der Waals surface area contributed by atoms with E-state index in [4.69, 9.17) is 0 Å². The fraction of sp³-hybridized carbons (Fsp3) is 0.120. The van der Waals surface area contributed by atoms with Gasteiger partial charge in [0.1, 0.15) is 10.7 Å². The van der Waals surface area contributed by atoms with Gasteiger partial charge in [-0.1, -0.05) is 36.0 Å². The van der Waals surface area contributed by atoms with Gasteiger partial charge in [-0.3, -0.25) is 19.3 Å². The third-order valence-corrected chi connectivity index (χ3v) is 7.04. The number of nitrogens with zero attached hydrogens (tertiary/aromatic N) is 6. The van der Waals surface area contributed by atoms with Crippen LogP contribution < -0.4 is 5.32 Å². The fourth-order valence-electron chi connectivity index (χ4n) is 3.40. The quantitative estimate of drug-likeness (QED) is 0.299. The number of hydrogen-bond donors (Lipinski definition) is 1. The van der Waals surface area contributed by atoms with Crippen LogP contribution in [0, 0.1) is 0 Å². The average molecular weight is 500 g/mol. The summed E-state index contributed by atoms with van der Waals surface area (Å²) >= 11 is 2.99. The molecule has 0 aliphatic rings. The Bertz CT molecular complexity index is 1390. The molecule has 0 saturated carbocycles. The van der Waals surface area contributed by atoms with Gasteiger partial charge >= 0.3 is 0 Å². The molecule has 8 nitrogen and oxygen atoms in total. The molecule has 35 heavy (non-hydrogen) atoms.